The first-order chi connectivity index (χ1) is 11.1. The summed E-state index contributed by atoms with van der Waals surface area (Å²) in [6, 6.07) is 18.7. The number of anilines is 1. The largest absolute Gasteiger partial charge is 0.279 e. The van der Waals surface area contributed by atoms with E-state index in [-0.39, 0.29) is 4.90 Å². The molecular weight excluding hydrogens is 312 g/mol. The van der Waals surface area contributed by atoms with Crippen LogP contribution in [-0.4, -0.2) is 8.42 Å². The molecule has 0 radical (unpaired) electrons. The lowest BCUT2D eigenvalue weighted by Crippen LogP contribution is -2.13. The molecule has 0 aliphatic rings. The van der Waals surface area contributed by atoms with Crippen molar-refractivity contribution >= 4 is 32.2 Å². The molecule has 6 nitrogen and oxygen atoms in total. The second kappa shape index (κ2) is 6.00. The predicted octanol–water partition coefficient (Wildman–Crippen LogP) is 4.58. The first-order valence-electron chi connectivity index (χ1n) is 6.76. The van der Waals surface area contributed by atoms with Crippen LogP contribution in [0.2, 0.25) is 0 Å². The Bertz CT molecular complexity index is 1000. The summed E-state index contributed by atoms with van der Waals surface area (Å²) < 4.78 is 27.6. The van der Waals surface area contributed by atoms with Crippen LogP contribution >= 0.6 is 0 Å². The second-order valence-corrected chi connectivity index (χ2v) is 6.50. The van der Waals surface area contributed by atoms with Crippen molar-refractivity contribution in [2.24, 2.45) is 5.11 Å². The highest BCUT2D eigenvalue weighted by molar-refractivity contribution is 7.92. The van der Waals surface area contributed by atoms with Gasteiger partial charge in [-0.25, -0.2) is 8.42 Å². The normalized spacial score (nSPS) is 11.0. The minimum atomic E-state index is -3.72. The van der Waals surface area contributed by atoms with E-state index in [0.717, 1.165) is 10.8 Å². The number of nitrogens with zero attached hydrogens (tertiary/aromatic N) is 3. The van der Waals surface area contributed by atoms with Crippen molar-refractivity contribution in [3.63, 3.8) is 0 Å². The fourth-order valence-electron chi connectivity index (χ4n) is 2.26. The van der Waals surface area contributed by atoms with Gasteiger partial charge in [-0.05, 0) is 29.1 Å². The lowest BCUT2D eigenvalue weighted by molar-refractivity contribution is 0.601. The monoisotopic (exact) mass is 324 g/mol. The minimum absolute atomic E-state index is 0.0994. The van der Waals surface area contributed by atoms with Gasteiger partial charge in [0.15, 0.2) is 0 Å². The highest BCUT2D eigenvalue weighted by Crippen LogP contribution is 2.26. The number of benzene rings is 3. The summed E-state index contributed by atoms with van der Waals surface area (Å²) in [4.78, 5) is 2.76. The molecule has 0 aliphatic heterocycles. The second-order valence-electron chi connectivity index (χ2n) is 4.82. The molecule has 0 aromatic heterocycles. The van der Waals surface area contributed by atoms with Gasteiger partial charge < -0.3 is 0 Å². The van der Waals surface area contributed by atoms with Crippen molar-refractivity contribution < 1.29 is 8.42 Å². The average molecular weight is 324 g/mol. The van der Waals surface area contributed by atoms with Gasteiger partial charge in [0, 0.05) is 16.0 Å². The van der Waals surface area contributed by atoms with Crippen molar-refractivity contribution in [3.8, 4) is 0 Å². The van der Waals surface area contributed by atoms with E-state index in [1.165, 1.54) is 24.3 Å². The lowest BCUT2D eigenvalue weighted by atomic mass is 10.1. The summed E-state index contributed by atoms with van der Waals surface area (Å²) in [6.07, 6.45) is 0. The number of azide groups is 1. The summed E-state index contributed by atoms with van der Waals surface area (Å²) in [5.74, 6) is 0. The molecule has 1 N–H and O–H groups in total. The predicted molar refractivity (Wildman–Crippen MR) is 90.0 cm³/mol. The third-order valence-electron chi connectivity index (χ3n) is 3.34. The Kier molecular flexibility index (Phi) is 3.89. The smallest absolute Gasteiger partial charge is 0.261 e. The summed E-state index contributed by atoms with van der Waals surface area (Å²) in [5.41, 5.74) is 9.25. The van der Waals surface area contributed by atoms with Gasteiger partial charge in [-0.1, -0.05) is 53.6 Å². The van der Waals surface area contributed by atoms with Crippen molar-refractivity contribution in [3.05, 3.63) is 77.2 Å². The molecule has 0 bridgehead atoms. The van der Waals surface area contributed by atoms with Gasteiger partial charge in [-0.2, -0.15) is 0 Å². The van der Waals surface area contributed by atoms with Crippen LogP contribution in [0.25, 0.3) is 21.2 Å². The quantitative estimate of drug-likeness (QED) is 0.432. The maximum Gasteiger partial charge on any atom is 0.261 e. The van der Waals surface area contributed by atoms with Crippen LogP contribution in [-0.2, 0) is 10.0 Å². The topological polar surface area (TPSA) is 94.9 Å². The number of fused-ring (bicyclic) bond motifs is 1. The third kappa shape index (κ3) is 3.11. The van der Waals surface area contributed by atoms with Crippen LogP contribution in [0.15, 0.2) is 76.7 Å². The van der Waals surface area contributed by atoms with Crippen LogP contribution in [0.3, 0.4) is 0 Å². The molecule has 3 aromatic rings. The standard InChI is InChI=1S/C16H12N4O2S/c17-20-18-13-8-10-14(11-9-13)23(21,22)19-16-7-3-5-12-4-1-2-6-15(12)16/h1-11,19H. The van der Waals surface area contributed by atoms with Crippen LogP contribution < -0.4 is 4.72 Å². The summed E-state index contributed by atoms with van der Waals surface area (Å²) >= 11 is 0. The summed E-state index contributed by atoms with van der Waals surface area (Å²) in [5, 5.41) is 5.19. The first-order valence-corrected chi connectivity index (χ1v) is 8.24. The Morgan fingerprint density at radius 2 is 1.61 bits per heavy atom. The van der Waals surface area contributed by atoms with Gasteiger partial charge in [0.25, 0.3) is 10.0 Å². The summed E-state index contributed by atoms with van der Waals surface area (Å²) in [7, 11) is -3.72. The van der Waals surface area contributed by atoms with Gasteiger partial charge in [0.1, 0.15) is 0 Å². The zero-order valence-electron chi connectivity index (χ0n) is 11.9. The van der Waals surface area contributed by atoms with E-state index < -0.39 is 10.0 Å². The number of nitrogens with one attached hydrogen (secondary N) is 1. The Morgan fingerprint density at radius 3 is 2.35 bits per heavy atom. The van der Waals surface area contributed by atoms with Crippen molar-refractivity contribution in [1.82, 2.24) is 0 Å². The number of rotatable bonds is 4. The molecule has 7 heteroatoms. The minimum Gasteiger partial charge on any atom is -0.279 e. The Morgan fingerprint density at radius 1 is 0.913 bits per heavy atom. The van der Waals surface area contributed by atoms with Gasteiger partial charge in [-0.15, -0.1) is 0 Å². The van der Waals surface area contributed by atoms with E-state index in [1.54, 1.807) is 12.1 Å². The molecule has 0 aliphatic carbocycles. The van der Waals surface area contributed by atoms with Crippen molar-refractivity contribution in [2.45, 2.75) is 4.90 Å². The van der Waals surface area contributed by atoms with E-state index in [1.807, 2.05) is 30.3 Å². The fraction of sp³-hybridized carbons (Fsp3) is 0. The molecule has 0 atom stereocenters. The number of hydrogen-bond donors (Lipinski definition) is 1. The molecule has 0 saturated heterocycles. The molecular formula is C16H12N4O2S. The maximum absolute atomic E-state index is 12.5. The van der Waals surface area contributed by atoms with E-state index in [2.05, 4.69) is 14.7 Å². The molecule has 114 valence electrons. The van der Waals surface area contributed by atoms with Crippen LogP contribution in [0.4, 0.5) is 11.4 Å². The van der Waals surface area contributed by atoms with Crippen molar-refractivity contribution in [2.75, 3.05) is 4.72 Å². The van der Waals surface area contributed by atoms with Crippen LogP contribution in [0, 0.1) is 0 Å². The third-order valence-corrected chi connectivity index (χ3v) is 4.72. The fourth-order valence-corrected chi connectivity index (χ4v) is 3.34. The van der Waals surface area contributed by atoms with Gasteiger partial charge in [0.05, 0.1) is 10.6 Å². The molecule has 0 fully saturated rings. The van der Waals surface area contributed by atoms with Crippen LogP contribution in [0.5, 0.6) is 0 Å². The Balaban J connectivity index is 1.98. The van der Waals surface area contributed by atoms with E-state index >= 15 is 0 Å². The van der Waals surface area contributed by atoms with E-state index in [4.69, 9.17) is 5.53 Å². The molecule has 0 amide bonds. The molecule has 0 spiro atoms. The van der Waals surface area contributed by atoms with E-state index in [9.17, 15) is 8.42 Å². The molecule has 23 heavy (non-hydrogen) atoms. The zero-order valence-corrected chi connectivity index (χ0v) is 12.7. The highest BCUT2D eigenvalue weighted by Gasteiger charge is 2.15. The average Bonchev–Trinajstić information content (AvgIpc) is 2.56. The van der Waals surface area contributed by atoms with Gasteiger partial charge in [-0.3, -0.25) is 4.72 Å². The summed E-state index contributed by atoms with van der Waals surface area (Å²) in [6.45, 7) is 0. The van der Waals surface area contributed by atoms with Gasteiger partial charge >= 0.3 is 0 Å². The lowest BCUT2D eigenvalue weighted by Gasteiger charge is -2.11. The molecule has 3 rings (SSSR count). The van der Waals surface area contributed by atoms with Gasteiger partial charge in [0.2, 0.25) is 0 Å². The maximum atomic E-state index is 12.5. The highest BCUT2D eigenvalue weighted by atomic mass is 32.2. The molecule has 0 unspecified atom stereocenters. The van der Waals surface area contributed by atoms with Crippen LogP contribution in [0.1, 0.15) is 0 Å². The van der Waals surface area contributed by atoms with Crippen molar-refractivity contribution in [1.29, 1.82) is 0 Å². The molecule has 3 aromatic carbocycles. The first kappa shape index (κ1) is 14.9. The number of hydrogen-bond acceptors (Lipinski definition) is 3. The van der Waals surface area contributed by atoms with E-state index in [0.29, 0.717) is 11.4 Å². The number of sulfonamides is 1. The Labute approximate surface area is 133 Å². The molecule has 0 saturated carbocycles. The zero-order chi connectivity index (χ0) is 16.3. The molecule has 0 heterocycles. The Hall–Kier alpha value is -3.02. The SMILES string of the molecule is [N-]=[N+]=Nc1ccc(S(=O)(=O)Nc2cccc3ccccc23)cc1.